The summed E-state index contributed by atoms with van der Waals surface area (Å²) in [5.74, 6) is -1.51. The van der Waals surface area contributed by atoms with E-state index in [2.05, 4.69) is 65.7 Å². The van der Waals surface area contributed by atoms with Gasteiger partial charge < -0.3 is 14.2 Å². The van der Waals surface area contributed by atoms with Crippen molar-refractivity contribution in [1.29, 1.82) is 0 Å². The minimum Gasteiger partial charge on any atom is -0.462 e. The van der Waals surface area contributed by atoms with E-state index in [4.69, 9.17) is 14.2 Å². The number of esters is 3. The number of carbonyl (C=O) groups is 3. The second-order valence-electron chi connectivity index (χ2n) is 8.82. The zero-order valence-electron chi connectivity index (χ0n) is 20.3. The fourth-order valence-corrected chi connectivity index (χ4v) is 3.26. The first kappa shape index (κ1) is 27.9. The summed E-state index contributed by atoms with van der Waals surface area (Å²) >= 11 is 0. The summed E-state index contributed by atoms with van der Waals surface area (Å²) in [5, 5.41) is 0. The van der Waals surface area contributed by atoms with Crippen LogP contribution in [0.15, 0.2) is 72.9 Å². The van der Waals surface area contributed by atoms with Crippen LogP contribution in [0.5, 0.6) is 0 Å². The van der Waals surface area contributed by atoms with Gasteiger partial charge in [0.15, 0.2) is 0 Å². The summed E-state index contributed by atoms with van der Waals surface area (Å²) in [5.41, 5.74) is 2.75. The van der Waals surface area contributed by atoms with Crippen LogP contribution in [-0.4, -0.2) is 37.7 Å². The molecule has 6 nitrogen and oxygen atoms in total. The third-order valence-corrected chi connectivity index (χ3v) is 6.02. The smallest absolute Gasteiger partial charge is 0.330 e. The Kier molecular flexibility index (Phi) is 10.8. The van der Waals surface area contributed by atoms with Gasteiger partial charge in [-0.05, 0) is 22.0 Å². The lowest BCUT2D eigenvalue weighted by atomic mass is 9.64. The number of ether oxygens (including phenoxy) is 3. The number of hydrogen-bond acceptors (Lipinski definition) is 6. The van der Waals surface area contributed by atoms with Crippen LogP contribution in [0.3, 0.4) is 0 Å². The van der Waals surface area contributed by atoms with E-state index in [0.717, 1.165) is 34.9 Å². The van der Waals surface area contributed by atoms with Crippen molar-refractivity contribution in [2.75, 3.05) is 19.8 Å². The monoisotopic (exact) mass is 456 g/mol. The van der Waals surface area contributed by atoms with E-state index in [0.29, 0.717) is 19.3 Å². The van der Waals surface area contributed by atoms with Gasteiger partial charge in [0.2, 0.25) is 0 Å². The van der Waals surface area contributed by atoms with E-state index in [9.17, 15) is 14.4 Å². The topological polar surface area (TPSA) is 78.9 Å². The van der Waals surface area contributed by atoms with Gasteiger partial charge >= 0.3 is 17.9 Å². The Morgan fingerprint density at radius 3 is 1.58 bits per heavy atom. The van der Waals surface area contributed by atoms with Crippen LogP contribution in [0.25, 0.3) is 0 Å². The van der Waals surface area contributed by atoms with Gasteiger partial charge in [0, 0.05) is 37.5 Å². The Labute approximate surface area is 197 Å². The molecule has 180 valence electrons. The average molecular weight is 457 g/mol. The molecule has 0 spiro atoms. The molecule has 1 aliphatic rings. The zero-order chi connectivity index (χ0) is 25.1. The first-order valence-corrected chi connectivity index (χ1v) is 11.0. The molecule has 0 atom stereocenters. The fourth-order valence-electron chi connectivity index (χ4n) is 3.26. The quantitative estimate of drug-likeness (QED) is 0.216. The normalized spacial score (nSPS) is 15.5. The van der Waals surface area contributed by atoms with Crippen molar-refractivity contribution in [1.82, 2.24) is 0 Å². The predicted octanol–water partition coefficient (Wildman–Crippen LogP) is 5.19. The van der Waals surface area contributed by atoms with Crippen molar-refractivity contribution in [3.8, 4) is 0 Å². The molecule has 0 amide bonds. The molecule has 1 aliphatic carbocycles. The highest BCUT2D eigenvalue weighted by Gasteiger charge is 2.36. The number of allylic oxidation sites excluding steroid dienone is 4. The van der Waals surface area contributed by atoms with Gasteiger partial charge in [-0.3, -0.25) is 0 Å². The zero-order valence-corrected chi connectivity index (χ0v) is 20.3. The highest BCUT2D eigenvalue weighted by molar-refractivity contribution is 5.81. The Hall–Kier alpha value is -3.15. The van der Waals surface area contributed by atoms with Gasteiger partial charge in [0.25, 0.3) is 0 Å². The molecule has 33 heavy (non-hydrogen) atoms. The second kappa shape index (κ2) is 12.8. The summed E-state index contributed by atoms with van der Waals surface area (Å²) in [6.45, 7) is 19.4. The fraction of sp³-hybridized carbons (Fsp3) is 0.444. The van der Waals surface area contributed by atoms with Crippen molar-refractivity contribution in [3.05, 3.63) is 72.9 Å². The molecule has 0 aromatic rings. The van der Waals surface area contributed by atoms with Crippen molar-refractivity contribution in [2.24, 2.45) is 10.8 Å². The summed E-state index contributed by atoms with van der Waals surface area (Å²) < 4.78 is 15.6. The van der Waals surface area contributed by atoms with E-state index >= 15 is 0 Å². The maximum absolute atomic E-state index is 11.6. The number of carbonyl (C=O) groups excluding carboxylic acids is 3. The summed E-state index contributed by atoms with van der Waals surface area (Å²) in [6, 6.07) is 0. The number of hydrogen-bond donors (Lipinski definition) is 0. The molecule has 0 saturated heterocycles. The maximum Gasteiger partial charge on any atom is 0.330 e. The van der Waals surface area contributed by atoms with Gasteiger partial charge in [-0.2, -0.15) is 0 Å². The molecule has 0 aliphatic heterocycles. The van der Waals surface area contributed by atoms with E-state index in [1.165, 1.54) is 0 Å². The SMILES string of the molecule is C=CC(=O)OCCC(CCOC(=O)C=C)=C(CCOC(=O)C=C)C1=CC(C)(C)C(C)(C)C=C1. The molecule has 0 aromatic carbocycles. The second-order valence-corrected chi connectivity index (χ2v) is 8.82. The van der Waals surface area contributed by atoms with E-state index in [1.807, 2.05) is 0 Å². The van der Waals surface area contributed by atoms with Gasteiger partial charge in [-0.1, -0.05) is 71.2 Å². The van der Waals surface area contributed by atoms with Crippen molar-refractivity contribution < 1.29 is 28.6 Å². The van der Waals surface area contributed by atoms with Crippen molar-refractivity contribution in [3.63, 3.8) is 0 Å². The first-order valence-electron chi connectivity index (χ1n) is 11.0. The Morgan fingerprint density at radius 2 is 1.18 bits per heavy atom. The summed E-state index contributed by atoms with van der Waals surface area (Å²) in [6.07, 6.45) is 11.1. The van der Waals surface area contributed by atoms with Crippen LogP contribution in [-0.2, 0) is 28.6 Å². The lowest BCUT2D eigenvalue weighted by molar-refractivity contribution is -0.138. The minimum absolute atomic E-state index is 0.0456. The van der Waals surface area contributed by atoms with E-state index in [1.54, 1.807) is 0 Å². The number of rotatable bonds is 13. The minimum atomic E-state index is -0.506. The lowest BCUT2D eigenvalue weighted by Gasteiger charge is -2.41. The van der Waals surface area contributed by atoms with Crippen LogP contribution in [0, 0.1) is 10.8 Å². The van der Waals surface area contributed by atoms with Gasteiger partial charge in [-0.25, -0.2) is 14.4 Å². The third-order valence-electron chi connectivity index (χ3n) is 6.02. The third kappa shape index (κ3) is 8.72. The van der Waals surface area contributed by atoms with Gasteiger partial charge in [0.1, 0.15) is 0 Å². The molecule has 6 heteroatoms. The first-order chi connectivity index (χ1) is 15.5. The lowest BCUT2D eigenvalue weighted by Crippen LogP contribution is -2.31. The largest absolute Gasteiger partial charge is 0.462 e. The molecule has 0 aromatic heterocycles. The van der Waals surface area contributed by atoms with E-state index in [-0.39, 0.29) is 30.7 Å². The van der Waals surface area contributed by atoms with Crippen molar-refractivity contribution in [2.45, 2.75) is 47.0 Å². The summed E-state index contributed by atoms with van der Waals surface area (Å²) in [7, 11) is 0. The standard InChI is InChI=1S/C27H36O6/c1-8-23(28)31-16-12-20(13-17-32-24(29)9-2)22(14-18-33-25(30)10-3)21-11-15-26(4,5)27(6,7)19-21/h8-11,15,19H,1-3,12-14,16-18H2,4-7H3. The Morgan fingerprint density at radius 1 is 0.758 bits per heavy atom. The molecule has 0 bridgehead atoms. The van der Waals surface area contributed by atoms with Crippen molar-refractivity contribution >= 4 is 17.9 Å². The highest BCUT2D eigenvalue weighted by atomic mass is 16.5. The predicted molar refractivity (Wildman–Crippen MR) is 129 cm³/mol. The van der Waals surface area contributed by atoms with Crippen LogP contribution in [0.4, 0.5) is 0 Å². The van der Waals surface area contributed by atoms with Crippen LogP contribution in [0.1, 0.15) is 47.0 Å². The molecule has 0 fully saturated rings. The average Bonchev–Trinajstić information content (AvgIpc) is 2.77. The Bertz CT molecular complexity index is 839. The Balaban J connectivity index is 3.33. The van der Waals surface area contributed by atoms with Gasteiger partial charge in [0.05, 0.1) is 19.8 Å². The van der Waals surface area contributed by atoms with Crippen LogP contribution < -0.4 is 0 Å². The molecule has 0 heterocycles. The van der Waals surface area contributed by atoms with E-state index < -0.39 is 17.9 Å². The van der Waals surface area contributed by atoms with Crippen LogP contribution in [0.2, 0.25) is 0 Å². The molecule has 0 radical (unpaired) electrons. The summed E-state index contributed by atoms with van der Waals surface area (Å²) in [4.78, 5) is 34.6. The molecule has 0 N–H and O–H groups in total. The highest BCUT2D eigenvalue weighted by Crippen LogP contribution is 2.46. The maximum atomic E-state index is 11.6. The molecule has 0 unspecified atom stereocenters. The van der Waals surface area contributed by atoms with Gasteiger partial charge in [-0.15, -0.1) is 0 Å². The molecular weight excluding hydrogens is 420 g/mol. The van der Waals surface area contributed by atoms with Crippen LogP contribution >= 0.6 is 0 Å². The molecular formula is C27H36O6. The molecule has 0 saturated carbocycles. The molecule has 1 rings (SSSR count).